The number of nitrogens with one attached hydrogen (secondary N) is 1. The molecular weight excluding hydrogens is 392 g/mol. The first-order chi connectivity index (χ1) is 10.0. The molecule has 1 unspecified atom stereocenters. The molecule has 2 aromatic rings. The lowest BCUT2D eigenvalue weighted by atomic mass is 9.98. The van der Waals surface area contributed by atoms with E-state index in [-0.39, 0.29) is 6.04 Å². The average Bonchev–Trinajstić information content (AvgIpc) is 2.44. The third-order valence-corrected chi connectivity index (χ3v) is 4.65. The van der Waals surface area contributed by atoms with Crippen molar-refractivity contribution >= 4 is 50.7 Å². The number of halogens is 4. The lowest BCUT2D eigenvalue weighted by Gasteiger charge is -2.20. The van der Waals surface area contributed by atoms with E-state index in [0.29, 0.717) is 10.0 Å². The van der Waals surface area contributed by atoms with Gasteiger partial charge in [-0.3, -0.25) is 0 Å². The van der Waals surface area contributed by atoms with Crippen LogP contribution in [0.15, 0.2) is 40.9 Å². The van der Waals surface area contributed by atoms with Crippen molar-refractivity contribution in [1.29, 1.82) is 0 Å². The first-order valence-electron chi connectivity index (χ1n) is 6.63. The van der Waals surface area contributed by atoms with Gasteiger partial charge in [0.2, 0.25) is 0 Å². The summed E-state index contributed by atoms with van der Waals surface area (Å²) in [5, 5.41) is 5.57. The van der Waals surface area contributed by atoms with Crippen LogP contribution >= 0.6 is 50.7 Å². The lowest BCUT2D eigenvalue weighted by molar-refractivity contribution is 0.550. The Morgan fingerprint density at radius 3 is 2.48 bits per heavy atom. The second kappa shape index (κ2) is 7.85. The quantitative estimate of drug-likeness (QED) is 0.613. The molecular formula is C16H15BrCl3N. The molecule has 2 aromatic carbocycles. The lowest BCUT2D eigenvalue weighted by Crippen LogP contribution is -2.23. The topological polar surface area (TPSA) is 12.0 Å². The highest BCUT2D eigenvalue weighted by atomic mass is 79.9. The minimum absolute atomic E-state index is 0.0693. The second-order valence-electron chi connectivity index (χ2n) is 4.72. The van der Waals surface area contributed by atoms with Crippen molar-refractivity contribution in [2.75, 3.05) is 6.54 Å². The zero-order valence-corrected chi connectivity index (χ0v) is 15.3. The summed E-state index contributed by atoms with van der Waals surface area (Å²) in [4.78, 5) is 0. The van der Waals surface area contributed by atoms with Crippen LogP contribution in [0.4, 0.5) is 0 Å². The molecule has 0 bridgehead atoms. The zero-order chi connectivity index (χ0) is 15.4. The minimum Gasteiger partial charge on any atom is -0.310 e. The molecule has 0 saturated heterocycles. The van der Waals surface area contributed by atoms with Gasteiger partial charge >= 0.3 is 0 Å². The monoisotopic (exact) mass is 405 g/mol. The van der Waals surface area contributed by atoms with E-state index >= 15 is 0 Å². The van der Waals surface area contributed by atoms with Crippen LogP contribution in [-0.4, -0.2) is 6.54 Å². The summed E-state index contributed by atoms with van der Waals surface area (Å²) in [7, 11) is 0. The summed E-state index contributed by atoms with van der Waals surface area (Å²) in [5.41, 5.74) is 2.06. The Hall–Kier alpha value is -0.250. The van der Waals surface area contributed by atoms with E-state index < -0.39 is 0 Å². The van der Waals surface area contributed by atoms with Gasteiger partial charge in [-0.05, 0) is 54.4 Å². The van der Waals surface area contributed by atoms with E-state index in [2.05, 4.69) is 28.2 Å². The molecule has 0 saturated carbocycles. The summed E-state index contributed by atoms with van der Waals surface area (Å²) in [6.07, 6.45) is 0.750. The molecule has 1 atom stereocenters. The van der Waals surface area contributed by atoms with Gasteiger partial charge in [0.25, 0.3) is 0 Å². The van der Waals surface area contributed by atoms with Gasteiger partial charge in [0.15, 0.2) is 0 Å². The van der Waals surface area contributed by atoms with Crippen molar-refractivity contribution in [2.24, 2.45) is 0 Å². The minimum atomic E-state index is 0.0693. The molecule has 112 valence electrons. The van der Waals surface area contributed by atoms with Crippen LogP contribution in [-0.2, 0) is 6.42 Å². The second-order valence-corrected chi connectivity index (χ2v) is 6.88. The fourth-order valence-corrected chi connectivity index (χ4v) is 3.41. The maximum atomic E-state index is 6.32. The molecule has 0 aromatic heterocycles. The highest BCUT2D eigenvalue weighted by molar-refractivity contribution is 9.10. The maximum absolute atomic E-state index is 6.32. The first kappa shape index (κ1) is 17.1. The predicted octanol–water partition coefficient (Wildman–Crippen LogP) is 6.30. The van der Waals surface area contributed by atoms with Gasteiger partial charge < -0.3 is 5.32 Å². The molecule has 0 heterocycles. The number of hydrogen-bond acceptors (Lipinski definition) is 1. The van der Waals surface area contributed by atoms with Crippen molar-refractivity contribution in [3.05, 3.63) is 67.1 Å². The van der Waals surface area contributed by atoms with Gasteiger partial charge in [-0.2, -0.15) is 0 Å². The Morgan fingerprint density at radius 1 is 1.05 bits per heavy atom. The van der Waals surface area contributed by atoms with E-state index in [4.69, 9.17) is 34.8 Å². The molecule has 0 aliphatic rings. The van der Waals surface area contributed by atoms with Gasteiger partial charge in [0.1, 0.15) is 0 Å². The molecule has 0 aliphatic carbocycles. The van der Waals surface area contributed by atoms with Crippen LogP contribution in [0.25, 0.3) is 0 Å². The summed E-state index contributed by atoms with van der Waals surface area (Å²) in [6, 6.07) is 11.5. The van der Waals surface area contributed by atoms with Gasteiger partial charge in [0, 0.05) is 25.6 Å². The molecule has 0 fully saturated rings. The summed E-state index contributed by atoms with van der Waals surface area (Å²) in [6.45, 7) is 2.90. The van der Waals surface area contributed by atoms with E-state index in [9.17, 15) is 0 Å². The van der Waals surface area contributed by atoms with Crippen molar-refractivity contribution < 1.29 is 0 Å². The van der Waals surface area contributed by atoms with E-state index in [0.717, 1.165) is 33.6 Å². The smallest absolute Gasteiger partial charge is 0.0454 e. The largest absolute Gasteiger partial charge is 0.310 e. The fraction of sp³-hybridized carbons (Fsp3) is 0.250. The van der Waals surface area contributed by atoms with Crippen LogP contribution in [0, 0.1) is 0 Å². The van der Waals surface area contributed by atoms with E-state index in [1.165, 1.54) is 0 Å². The number of rotatable bonds is 5. The van der Waals surface area contributed by atoms with Crippen molar-refractivity contribution in [3.8, 4) is 0 Å². The average molecular weight is 408 g/mol. The zero-order valence-electron chi connectivity index (χ0n) is 11.5. The predicted molar refractivity (Wildman–Crippen MR) is 95.7 cm³/mol. The van der Waals surface area contributed by atoms with Crippen molar-refractivity contribution in [2.45, 2.75) is 19.4 Å². The van der Waals surface area contributed by atoms with Crippen LogP contribution < -0.4 is 5.32 Å². The maximum Gasteiger partial charge on any atom is 0.0454 e. The molecule has 0 radical (unpaired) electrons. The number of benzene rings is 2. The Kier molecular flexibility index (Phi) is 6.39. The molecule has 1 N–H and O–H groups in total. The number of likely N-dealkylation sites (N-methyl/N-ethyl adjacent to an activating group) is 1. The molecule has 5 heteroatoms. The molecule has 1 nitrogen and oxygen atoms in total. The van der Waals surface area contributed by atoms with E-state index in [1.807, 2.05) is 30.3 Å². The summed E-state index contributed by atoms with van der Waals surface area (Å²) in [5.74, 6) is 0. The third-order valence-electron chi connectivity index (χ3n) is 3.22. The van der Waals surface area contributed by atoms with Gasteiger partial charge in [-0.25, -0.2) is 0 Å². The highest BCUT2D eigenvalue weighted by Gasteiger charge is 2.16. The Bertz CT molecular complexity index is 631. The Labute approximate surface area is 148 Å². The molecule has 2 rings (SSSR count). The van der Waals surface area contributed by atoms with Crippen LogP contribution in [0.3, 0.4) is 0 Å². The highest BCUT2D eigenvalue weighted by Crippen LogP contribution is 2.31. The van der Waals surface area contributed by atoms with Gasteiger partial charge in [-0.1, -0.05) is 63.7 Å². The molecule has 0 aliphatic heterocycles. The van der Waals surface area contributed by atoms with E-state index in [1.54, 1.807) is 6.07 Å². The molecule has 0 amide bonds. The van der Waals surface area contributed by atoms with Crippen LogP contribution in [0.2, 0.25) is 15.1 Å². The van der Waals surface area contributed by atoms with Crippen LogP contribution in [0.1, 0.15) is 24.1 Å². The van der Waals surface area contributed by atoms with Crippen molar-refractivity contribution in [3.63, 3.8) is 0 Å². The van der Waals surface area contributed by atoms with Gasteiger partial charge in [0.05, 0.1) is 0 Å². The van der Waals surface area contributed by atoms with Crippen molar-refractivity contribution in [1.82, 2.24) is 5.32 Å². The first-order valence-corrected chi connectivity index (χ1v) is 8.56. The number of hydrogen-bond donors (Lipinski definition) is 1. The summed E-state index contributed by atoms with van der Waals surface area (Å²) < 4.78 is 0.969. The standard InChI is InChI=1S/C16H15BrCl3N/c1-2-21-16(13-9-12(18)5-6-14(13)19)7-10-3-4-11(17)8-15(10)20/h3-6,8-9,16,21H,2,7H2,1H3. The molecule has 0 spiro atoms. The third kappa shape index (κ3) is 4.61. The van der Waals surface area contributed by atoms with Crippen LogP contribution in [0.5, 0.6) is 0 Å². The SMILES string of the molecule is CCNC(Cc1ccc(Br)cc1Cl)c1cc(Cl)ccc1Cl. The normalized spacial score (nSPS) is 12.4. The Balaban J connectivity index is 2.32. The molecule has 21 heavy (non-hydrogen) atoms. The van der Waals surface area contributed by atoms with Gasteiger partial charge in [-0.15, -0.1) is 0 Å². The Morgan fingerprint density at radius 2 is 1.81 bits per heavy atom. The summed E-state index contributed by atoms with van der Waals surface area (Å²) >= 11 is 22.2. The fourth-order valence-electron chi connectivity index (χ4n) is 2.23.